The van der Waals surface area contributed by atoms with Gasteiger partial charge in [-0.2, -0.15) is 0 Å². The minimum atomic E-state index is 0.149. The molecule has 3 N–H and O–H groups in total. The molecular formula is C14H21N3O. The zero-order valence-corrected chi connectivity index (χ0v) is 10.7. The Labute approximate surface area is 108 Å². The molecule has 2 fully saturated rings. The molecule has 3 rings (SSSR count). The van der Waals surface area contributed by atoms with E-state index >= 15 is 0 Å². The Bertz CT molecular complexity index is 415. The van der Waals surface area contributed by atoms with Crippen LogP contribution in [0.25, 0.3) is 0 Å². The van der Waals surface area contributed by atoms with Gasteiger partial charge in [0.2, 0.25) is 0 Å². The molecule has 4 heteroatoms. The molecule has 0 unspecified atom stereocenters. The van der Waals surface area contributed by atoms with E-state index in [1.54, 1.807) is 0 Å². The van der Waals surface area contributed by atoms with Crippen molar-refractivity contribution in [2.45, 2.75) is 31.3 Å². The maximum atomic E-state index is 6.10. The highest BCUT2D eigenvalue weighted by molar-refractivity contribution is 5.28. The highest BCUT2D eigenvalue weighted by Gasteiger charge is 2.40. The molecule has 1 aromatic rings. The number of pyridine rings is 1. The minimum Gasteiger partial charge on any atom is -0.384 e. The molecule has 0 bridgehead atoms. The highest BCUT2D eigenvalue weighted by Crippen LogP contribution is 2.38. The summed E-state index contributed by atoms with van der Waals surface area (Å²) in [5.41, 5.74) is 6.96. The first kappa shape index (κ1) is 11.9. The number of nitrogen functional groups attached to an aromatic ring is 1. The largest absolute Gasteiger partial charge is 0.384 e. The zero-order chi connectivity index (χ0) is 12.4. The lowest BCUT2D eigenvalue weighted by atomic mass is 9.85. The van der Waals surface area contributed by atoms with Crippen molar-refractivity contribution in [1.82, 2.24) is 10.3 Å². The van der Waals surface area contributed by atoms with Gasteiger partial charge in [-0.05, 0) is 56.8 Å². The number of nitrogens with zero attached hydrogens (tertiary/aromatic N) is 1. The van der Waals surface area contributed by atoms with Crippen molar-refractivity contribution in [1.29, 1.82) is 0 Å². The fourth-order valence-electron chi connectivity index (χ4n) is 3.21. The fourth-order valence-corrected chi connectivity index (χ4v) is 3.21. The quantitative estimate of drug-likeness (QED) is 0.828. The lowest BCUT2D eigenvalue weighted by Crippen LogP contribution is -2.41. The Morgan fingerprint density at radius 3 is 3.00 bits per heavy atom. The van der Waals surface area contributed by atoms with E-state index in [0.717, 1.165) is 44.7 Å². The van der Waals surface area contributed by atoms with Crippen molar-refractivity contribution < 1.29 is 4.74 Å². The molecule has 2 aliphatic rings. The van der Waals surface area contributed by atoms with E-state index in [4.69, 9.17) is 10.5 Å². The SMILES string of the molecule is Nc1cccc(C[C@@H]2COC3(CCNCC3)C2)n1. The summed E-state index contributed by atoms with van der Waals surface area (Å²) in [4.78, 5) is 4.38. The Balaban J connectivity index is 1.62. The molecule has 0 aliphatic carbocycles. The number of anilines is 1. The first-order valence-electron chi connectivity index (χ1n) is 6.82. The number of aromatic nitrogens is 1. The lowest BCUT2D eigenvalue weighted by Gasteiger charge is -2.33. The van der Waals surface area contributed by atoms with Gasteiger partial charge in [0, 0.05) is 5.69 Å². The highest BCUT2D eigenvalue weighted by atomic mass is 16.5. The summed E-state index contributed by atoms with van der Waals surface area (Å²) in [7, 11) is 0. The summed E-state index contributed by atoms with van der Waals surface area (Å²) in [5.74, 6) is 1.21. The van der Waals surface area contributed by atoms with Gasteiger partial charge in [-0.15, -0.1) is 0 Å². The van der Waals surface area contributed by atoms with Crippen LogP contribution in [0, 0.1) is 5.92 Å². The average molecular weight is 247 g/mol. The van der Waals surface area contributed by atoms with E-state index in [0.29, 0.717) is 11.7 Å². The second kappa shape index (κ2) is 4.86. The molecule has 1 aromatic heterocycles. The van der Waals surface area contributed by atoms with E-state index in [1.807, 2.05) is 12.1 Å². The van der Waals surface area contributed by atoms with Crippen molar-refractivity contribution in [2.24, 2.45) is 5.92 Å². The predicted octanol–water partition coefficient (Wildman–Crippen LogP) is 1.36. The van der Waals surface area contributed by atoms with Crippen LogP contribution in [0.15, 0.2) is 18.2 Å². The van der Waals surface area contributed by atoms with E-state index < -0.39 is 0 Å². The smallest absolute Gasteiger partial charge is 0.123 e. The van der Waals surface area contributed by atoms with E-state index in [1.165, 1.54) is 6.42 Å². The molecule has 2 saturated heterocycles. The third-order valence-electron chi connectivity index (χ3n) is 4.13. The van der Waals surface area contributed by atoms with Crippen LogP contribution < -0.4 is 11.1 Å². The second-order valence-electron chi connectivity index (χ2n) is 5.57. The van der Waals surface area contributed by atoms with Gasteiger partial charge in [-0.1, -0.05) is 6.07 Å². The molecule has 1 spiro atoms. The van der Waals surface area contributed by atoms with E-state index in [-0.39, 0.29) is 5.60 Å². The van der Waals surface area contributed by atoms with Crippen LogP contribution in [0.4, 0.5) is 5.82 Å². The molecule has 1 atom stereocenters. The first-order chi connectivity index (χ1) is 8.76. The van der Waals surface area contributed by atoms with Gasteiger partial charge < -0.3 is 15.8 Å². The molecule has 98 valence electrons. The van der Waals surface area contributed by atoms with Crippen LogP contribution in [-0.2, 0) is 11.2 Å². The van der Waals surface area contributed by atoms with Crippen LogP contribution in [-0.4, -0.2) is 30.3 Å². The van der Waals surface area contributed by atoms with Crippen LogP contribution in [0.3, 0.4) is 0 Å². The Kier molecular flexibility index (Phi) is 3.22. The van der Waals surface area contributed by atoms with Gasteiger partial charge in [0.1, 0.15) is 5.82 Å². The number of piperidine rings is 1. The maximum Gasteiger partial charge on any atom is 0.123 e. The number of nitrogens with one attached hydrogen (secondary N) is 1. The Morgan fingerprint density at radius 1 is 1.39 bits per heavy atom. The minimum absolute atomic E-state index is 0.149. The molecule has 0 saturated carbocycles. The van der Waals surface area contributed by atoms with Crippen LogP contribution in [0.5, 0.6) is 0 Å². The topological polar surface area (TPSA) is 60.2 Å². The van der Waals surface area contributed by atoms with E-state index in [2.05, 4.69) is 16.4 Å². The second-order valence-corrected chi connectivity index (χ2v) is 5.57. The molecule has 4 nitrogen and oxygen atoms in total. The molecule has 3 heterocycles. The fraction of sp³-hybridized carbons (Fsp3) is 0.643. The van der Waals surface area contributed by atoms with Crippen molar-refractivity contribution in [2.75, 3.05) is 25.4 Å². The standard InChI is InChI=1S/C14H21N3O/c15-13-3-1-2-12(17-13)8-11-9-14(18-10-11)4-6-16-7-5-14/h1-3,11,16H,4-10H2,(H2,15,17)/t11-/m0/s1. The van der Waals surface area contributed by atoms with Gasteiger partial charge in [0.25, 0.3) is 0 Å². The number of hydrogen-bond donors (Lipinski definition) is 2. The van der Waals surface area contributed by atoms with Gasteiger partial charge in [0.05, 0.1) is 12.2 Å². The summed E-state index contributed by atoms with van der Waals surface area (Å²) < 4.78 is 6.10. The number of rotatable bonds is 2. The summed E-state index contributed by atoms with van der Waals surface area (Å²) in [6.07, 6.45) is 4.45. The Morgan fingerprint density at radius 2 is 2.22 bits per heavy atom. The van der Waals surface area contributed by atoms with Crippen molar-refractivity contribution >= 4 is 5.82 Å². The summed E-state index contributed by atoms with van der Waals surface area (Å²) in [5, 5.41) is 3.40. The molecule has 18 heavy (non-hydrogen) atoms. The van der Waals surface area contributed by atoms with Gasteiger partial charge >= 0.3 is 0 Å². The van der Waals surface area contributed by atoms with Crippen LogP contribution >= 0.6 is 0 Å². The van der Waals surface area contributed by atoms with E-state index in [9.17, 15) is 0 Å². The summed E-state index contributed by atoms with van der Waals surface area (Å²) >= 11 is 0. The monoisotopic (exact) mass is 247 g/mol. The molecular weight excluding hydrogens is 226 g/mol. The molecule has 2 aliphatic heterocycles. The lowest BCUT2D eigenvalue weighted by molar-refractivity contribution is -0.0196. The van der Waals surface area contributed by atoms with Gasteiger partial charge in [0.15, 0.2) is 0 Å². The third kappa shape index (κ3) is 2.49. The Hall–Kier alpha value is -1.13. The van der Waals surface area contributed by atoms with Crippen molar-refractivity contribution in [3.63, 3.8) is 0 Å². The van der Waals surface area contributed by atoms with Crippen molar-refractivity contribution in [3.8, 4) is 0 Å². The van der Waals surface area contributed by atoms with Crippen LogP contribution in [0.1, 0.15) is 25.0 Å². The number of nitrogens with two attached hydrogens (primary N) is 1. The van der Waals surface area contributed by atoms with Crippen LogP contribution in [0.2, 0.25) is 0 Å². The van der Waals surface area contributed by atoms with Gasteiger partial charge in [-0.25, -0.2) is 4.98 Å². The molecule has 0 aromatic carbocycles. The number of hydrogen-bond acceptors (Lipinski definition) is 4. The van der Waals surface area contributed by atoms with Gasteiger partial charge in [-0.3, -0.25) is 0 Å². The normalized spacial score (nSPS) is 26.6. The first-order valence-corrected chi connectivity index (χ1v) is 6.82. The third-order valence-corrected chi connectivity index (χ3v) is 4.13. The van der Waals surface area contributed by atoms with Crippen molar-refractivity contribution in [3.05, 3.63) is 23.9 Å². The number of ether oxygens (including phenoxy) is 1. The summed E-state index contributed by atoms with van der Waals surface area (Å²) in [6.45, 7) is 3.04. The molecule has 0 amide bonds. The maximum absolute atomic E-state index is 6.10. The zero-order valence-electron chi connectivity index (χ0n) is 10.7. The predicted molar refractivity (Wildman–Crippen MR) is 71.2 cm³/mol. The average Bonchev–Trinajstić information content (AvgIpc) is 2.73. The summed E-state index contributed by atoms with van der Waals surface area (Å²) in [6, 6.07) is 5.88. The molecule has 0 radical (unpaired) electrons.